The van der Waals surface area contributed by atoms with E-state index in [2.05, 4.69) is 13.8 Å². The number of aliphatic hydroxyl groups is 1. The summed E-state index contributed by atoms with van der Waals surface area (Å²) in [7, 11) is 0. The van der Waals surface area contributed by atoms with Gasteiger partial charge >= 0.3 is 0 Å². The molecule has 4 rings (SSSR count). The number of Topliss-reactive ketones (excluding diaryl/α,β-unsaturated/α-hetero) is 1. The van der Waals surface area contributed by atoms with Crippen LogP contribution in [0.4, 0.5) is 0 Å². The fourth-order valence-corrected chi connectivity index (χ4v) is 7.13. The van der Waals surface area contributed by atoms with Crippen LogP contribution in [0, 0.1) is 34.5 Å². The number of allylic oxidation sites excluding steroid dienone is 4. The van der Waals surface area contributed by atoms with Crippen LogP contribution in [0.1, 0.15) is 46.0 Å². The molecule has 4 heteroatoms. The van der Waals surface area contributed by atoms with Crippen LogP contribution in [0.3, 0.4) is 0 Å². The van der Waals surface area contributed by atoms with E-state index in [0.717, 1.165) is 25.7 Å². The highest BCUT2D eigenvalue weighted by Gasteiger charge is 2.62. The molecule has 7 atom stereocenters. The van der Waals surface area contributed by atoms with Gasteiger partial charge in [-0.05, 0) is 61.5 Å². The van der Waals surface area contributed by atoms with Gasteiger partial charge in [0.15, 0.2) is 11.6 Å². The van der Waals surface area contributed by atoms with Gasteiger partial charge in [-0.2, -0.15) is 0 Å². The van der Waals surface area contributed by atoms with E-state index in [1.54, 1.807) is 12.2 Å². The van der Waals surface area contributed by atoms with Crippen molar-refractivity contribution in [2.24, 2.45) is 34.5 Å². The molecule has 0 radical (unpaired) electrons. The lowest BCUT2D eigenvalue weighted by molar-refractivity contribution is -0.137. The second-order valence-electron chi connectivity index (χ2n) is 9.03. The summed E-state index contributed by atoms with van der Waals surface area (Å²) in [5.74, 6) is 1.27. The molecule has 3 nitrogen and oxygen atoms in total. The number of halogens is 1. The van der Waals surface area contributed by atoms with Crippen molar-refractivity contribution in [2.45, 2.75) is 52.1 Å². The third-order valence-electron chi connectivity index (χ3n) is 8.01. The number of carbonyl (C=O) groups excluding carboxylic acids is 2. The highest BCUT2D eigenvalue weighted by Crippen LogP contribution is 2.66. The van der Waals surface area contributed by atoms with E-state index < -0.39 is 6.10 Å². The summed E-state index contributed by atoms with van der Waals surface area (Å²) in [6, 6.07) is 0. The molecule has 0 aromatic carbocycles. The van der Waals surface area contributed by atoms with E-state index in [0.29, 0.717) is 18.3 Å². The van der Waals surface area contributed by atoms with Crippen LogP contribution in [-0.2, 0) is 9.59 Å². The van der Waals surface area contributed by atoms with Gasteiger partial charge in [0.2, 0.25) is 0 Å². The number of rotatable bonds is 2. The molecule has 136 valence electrons. The van der Waals surface area contributed by atoms with Crippen molar-refractivity contribution in [1.29, 1.82) is 0 Å². The SMILES string of the molecule is C[C@]12CC(O)C3C(CCC4=CC(=O)C=C[C@@]43C)C1CCC2C(=O)CCl. The number of fused-ring (bicyclic) bond motifs is 5. The zero-order valence-corrected chi connectivity index (χ0v) is 15.8. The van der Waals surface area contributed by atoms with Crippen molar-refractivity contribution < 1.29 is 14.7 Å². The first kappa shape index (κ1) is 17.5. The Balaban J connectivity index is 1.71. The Bertz CT molecular complexity index is 681. The van der Waals surface area contributed by atoms with E-state index in [9.17, 15) is 14.7 Å². The second kappa shape index (κ2) is 5.79. The zero-order valence-electron chi connectivity index (χ0n) is 15.0. The molecule has 0 amide bonds. The monoisotopic (exact) mass is 362 g/mol. The Kier molecular flexibility index (Phi) is 4.05. The van der Waals surface area contributed by atoms with Crippen molar-refractivity contribution in [3.05, 3.63) is 23.8 Å². The molecule has 4 aliphatic carbocycles. The third kappa shape index (κ3) is 2.35. The summed E-state index contributed by atoms with van der Waals surface area (Å²) < 4.78 is 0. The summed E-state index contributed by atoms with van der Waals surface area (Å²) in [5, 5.41) is 11.2. The highest BCUT2D eigenvalue weighted by atomic mass is 35.5. The van der Waals surface area contributed by atoms with Crippen molar-refractivity contribution >= 4 is 23.2 Å². The predicted octanol–water partition coefficient (Wildman–Crippen LogP) is 3.69. The molecule has 0 saturated heterocycles. The van der Waals surface area contributed by atoms with Crippen LogP contribution in [-0.4, -0.2) is 28.7 Å². The number of hydrogen-bond donors (Lipinski definition) is 1. The Morgan fingerprint density at radius 1 is 1.32 bits per heavy atom. The lowest BCUT2D eigenvalue weighted by atomic mass is 9.46. The minimum atomic E-state index is -0.443. The molecule has 0 heterocycles. The van der Waals surface area contributed by atoms with E-state index in [1.165, 1.54) is 5.57 Å². The molecule has 25 heavy (non-hydrogen) atoms. The van der Waals surface area contributed by atoms with Crippen LogP contribution in [0.15, 0.2) is 23.8 Å². The Hall–Kier alpha value is -0.930. The molecule has 5 unspecified atom stereocenters. The van der Waals surface area contributed by atoms with Gasteiger partial charge in [-0.15, -0.1) is 11.6 Å². The van der Waals surface area contributed by atoms with Gasteiger partial charge in [0, 0.05) is 17.3 Å². The Labute approximate surface area is 154 Å². The molecule has 0 bridgehead atoms. The number of aliphatic hydroxyl groups excluding tert-OH is 1. The van der Waals surface area contributed by atoms with Crippen LogP contribution in [0.5, 0.6) is 0 Å². The summed E-state index contributed by atoms with van der Waals surface area (Å²) in [6.45, 7) is 4.38. The van der Waals surface area contributed by atoms with Gasteiger partial charge < -0.3 is 5.11 Å². The average molecular weight is 363 g/mol. The lowest BCUT2D eigenvalue weighted by Crippen LogP contribution is -2.56. The van der Waals surface area contributed by atoms with Gasteiger partial charge in [-0.25, -0.2) is 0 Å². The fraction of sp³-hybridized carbons (Fsp3) is 0.714. The van der Waals surface area contributed by atoms with Crippen LogP contribution in [0.25, 0.3) is 0 Å². The zero-order chi connectivity index (χ0) is 18.0. The van der Waals surface area contributed by atoms with Crippen molar-refractivity contribution in [3.8, 4) is 0 Å². The maximum Gasteiger partial charge on any atom is 0.178 e. The van der Waals surface area contributed by atoms with Gasteiger partial charge in [0.25, 0.3) is 0 Å². The summed E-state index contributed by atoms with van der Waals surface area (Å²) in [5.41, 5.74) is 0.806. The smallest absolute Gasteiger partial charge is 0.178 e. The molecular weight excluding hydrogens is 336 g/mol. The van der Waals surface area contributed by atoms with E-state index in [-0.39, 0.29) is 40.1 Å². The number of hydrogen-bond acceptors (Lipinski definition) is 3. The molecule has 0 aliphatic heterocycles. The van der Waals surface area contributed by atoms with Gasteiger partial charge in [-0.3, -0.25) is 9.59 Å². The second-order valence-corrected chi connectivity index (χ2v) is 9.30. The molecule has 0 aromatic rings. The number of alkyl halides is 1. The average Bonchev–Trinajstić information content (AvgIpc) is 2.91. The van der Waals surface area contributed by atoms with Crippen molar-refractivity contribution in [1.82, 2.24) is 0 Å². The molecule has 4 aliphatic rings. The van der Waals surface area contributed by atoms with Crippen molar-refractivity contribution in [2.75, 3.05) is 5.88 Å². The Morgan fingerprint density at radius 2 is 2.08 bits per heavy atom. The molecule has 0 aromatic heterocycles. The minimum Gasteiger partial charge on any atom is -0.393 e. The number of carbonyl (C=O) groups is 2. The molecule has 1 N–H and O–H groups in total. The van der Waals surface area contributed by atoms with Gasteiger partial charge in [0.1, 0.15) is 0 Å². The van der Waals surface area contributed by atoms with Crippen LogP contribution in [0.2, 0.25) is 0 Å². The van der Waals surface area contributed by atoms with Crippen molar-refractivity contribution in [3.63, 3.8) is 0 Å². The van der Waals surface area contributed by atoms with Crippen LogP contribution >= 0.6 is 11.6 Å². The van der Waals surface area contributed by atoms with Crippen LogP contribution < -0.4 is 0 Å². The lowest BCUT2D eigenvalue weighted by Gasteiger charge is -2.58. The largest absolute Gasteiger partial charge is 0.393 e. The third-order valence-corrected chi connectivity index (χ3v) is 8.28. The van der Waals surface area contributed by atoms with E-state index in [4.69, 9.17) is 11.6 Å². The Morgan fingerprint density at radius 3 is 2.80 bits per heavy atom. The summed E-state index contributed by atoms with van der Waals surface area (Å²) in [4.78, 5) is 24.2. The van der Waals surface area contributed by atoms with Gasteiger partial charge in [0.05, 0.1) is 12.0 Å². The topological polar surface area (TPSA) is 54.4 Å². The summed E-state index contributed by atoms with van der Waals surface area (Å²) >= 11 is 5.87. The first-order chi connectivity index (χ1) is 11.8. The highest BCUT2D eigenvalue weighted by molar-refractivity contribution is 6.28. The number of ketones is 2. The fourth-order valence-electron chi connectivity index (χ4n) is 6.95. The van der Waals surface area contributed by atoms with E-state index in [1.807, 2.05) is 6.08 Å². The molecule has 0 spiro atoms. The molecular formula is C21H27ClO3. The normalized spacial score (nSPS) is 48.4. The van der Waals surface area contributed by atoms with E-state index >= 15 is 0 Å². The maximum absolute atomic E-state index is 12.4. The minimum absolute atomic E-state index is 0.0150. The maximum atomic E-state index is 12.4. The van der Waals surface area contributed by atoms with Gasteiger partial charge in [-0.1, -0.05) is 25.5 Å². The molecule has 3 saturated carbocycles. The summed E-state index contributed by atoms with van der Waals surface area (Å²) in [6.07, 6.45) is 9.58. The predicted molar refractivity (Wildman–Crippen MR) is 97.2 cm³/mol. The first-order valence-electron chi connectivity index (χ1n) is 9.52. The molecule has 3 fully saturated rings. The quantitative estimate of drug-likeness (QED) is 0.762. The standard InChI is InChI=1S/C21H27ClO3/c1-20-8-7-13(23)9-12(20)3-4-14-15-5-6-16(18(25)11-22)21(15,2)10-17(24)19(14)20/h7-9,14-17,19,24H,3-6,10-11H2,1-2H3/t14?,15?,16?,17?,19?,20-,21-/m0/s1. The first-order valence-corrected chi connectivity index (χ1v) is 10.1.